The minimum absolute atomic E-state index is 0.0352. The van der Waals surface area contributed by atoms with Gasteiger partial charge in [-0.05, 0) is 69.8 Å². The van der Waals surface area contributed by atoms with Crippen molar-refractivity contribution in [3.8, 4) is 27.9 Å². The molecule has 1 heterocycles. The van der Waals surface area contributed by atoms with E-state index in [1.165, 1.54) is 44.1 Å². The molecule has 0 atom stereocenters. The zero-order valence-corrected chi connectivity index (χ0v) is 23.6. The fourth-order valence-electron chi connectivity index (χ4n) is 6.86. The van der Waals surface area contributed by atoms with Crippen LogP contribution in [0.4, 0.5) is 0 Å². The van der Waals surface area contributed by atoms with Gasteiger partial charge in [0, 0.05) is 33.0 Å². The Kier molecular flexibility index (Phi) is 5.36. The molecule has 0 unspecified atom stereocenters. The van der Waals surface area contributed by atoms with Gasteiger partial charge in [0.2, 0.25) is 0 Å². The van der Waals surface area contributed by atoms with E-state index in [0.717, 1.165) is 16.8 Å². The van der Waals surface area contributed by atoms with Gasteiger partial charge < -0.3 is 4.57 Å². The summed E-state index contributed by atoms with van der Waals surface area (Å²) in [6.07, 6.45) is 0. The molecule has 42 heavy (non-hydrogen) atoms. The van der Waals surface area contributed by atoms with Crippen LogP contribution in [0, 0.1) is 0 Å². The van der Waals surface area contributed by atoms with Gasteiger partial charge in [-0.2, -0.15) is 0 Å². The van der Waals surface area contributed by atoms with Crippen LogP contribution in [-0.4, -0.2) is 10.4 Å². The maximum absolute atomic E-state index is 13.2. The molecule has 0 N–H and O–H groups in total. The van der Waals surface area contributed by atoms with Gasteiger partial charge in [-0.15, -0.1) is 0 Å². The van der Waals surface area contributed by atoms with Crippen LogP contribution in [0.25, 0.3) is 49.7 Å². The van der Waals surface area contributed by atoms with Crippen LogP contribution in [0.15, 0.2) is 140 Å². The first kappa shape index (κ1) is 24.6. The largest absolute Gasteiger partial charge is 0.309 e. The molecule has 0 radical (unpaired) electrons. The molecule has 0 amide bonds. The van der Waals surface area contributed by atoms with Gasteiger partial charge in [-0.1, -0.05) is 117 Å². The molecule has 6 aromatic carbocycles. The molecule has 1 aliphatic carbocycles. The predicted molar refractivity (Wildman–Crippen MR) is 174 cm³/mol. The molecule has 7 aromatic rings. The third kappa shape index (κ3) is 3.62. The van der Waals surface area contributed by atoms with Crippen molar-refractivity contribution < 1.29 is 4.79 Å². The summed E-state index contributed by atoms with van der Waals surface area (Å²) in [5.41, 5.74) is 12.3. The molecule has 0 saturated carbocycles. The minimum Gasteiger partial charge on any atom is -0.309 e. The van der Waals surface area contributed by atoms with Gasteiger partial charge in [0.05, 0.1) is 11.0 Å². The Bertz CT molecular complexity index is 2180. The quantitative estimate of drug-likeness (QED) is 0.204. The number of fused-ring (bicyclic) bond motifs is 6. The van der Waals surface area contributed by atoms with E-state index in [4.69, 9.17) is 0 Å². The number of hydrogen-bond donors (Lipinski definition) is 0. The number of carbonyl (C=O) groups excluding carboxylic acids is 1. The Balaban J connectivity index is 1.31. The SMILES string of the molecule is CC1(C)c2ccccc2-c2cc3c(cc21)c1ccccc1n3-c1cccc(-c2cccc(C(=O)c3ccccc3)c2)c1. The maximum Gasteiger partial charge on any atom is 0.193 e. The zero-order valence-electron chi connectivity index (χ0n) is 23.6. The first-order chi connectivity index (χ1) is 20.5. The fraction of sp³-hybridized carbons (Fsp3) is 0.0750. The van der Waals surface area contributed by atoms with Crippen molar-refractivity contribution in [2.45, 2.75) is 19.3 Å². The van der Waals surface area contributed by atoms with Crippen LogP contribution in [0.3, 0.4) is 0 Å². The first-order valence-electron chi connectivity index (χ1n) is 14.5. The summed E-state index contributed by atoms with van der Waals surface area (Å²) in [7, 11) is 0. The second-order valence-electron chi connectivity index (χ2n) is 11.8. The van der Waals surface area contributed by atoms with Gasteiger partial charge in [-0.25, -0.2) is 0 Å². The molecule has 200 valence electrons. The Morgan fingerprint density at radius 3 is 2.07 bits per heavy atom. The van der Waals surface area contributed by atoms with Crippen LogP contribution < -0.4 is 0 Å². The van der Waals surface area contributed by atoms with E-state index in [-0.39, 0.29) is 11.2 Å². The topological polar surface area (TPSA) is 22.0 Å². The van der Waals surface area contributed by atoms with E-state index in [9.17, 15) is 4.79 Å². The second-order valence-corrected chi connectivity index (χ2v) is 11.8. The molecule has 1 aromatic heterocycles. The Morgan fingerprint density at radius 1 is 0.524 bits per heavy atom. The zero-order chi connectivity index (χ0) is 28.4. The summed E-state index contributed by atoms with van der Waals surface area (Å²) in [6.45, 7) is 4.67. The molecule has 0 saturated heterocycles. The number of para-hydroxylation sites is 1. The normalized spacial score (nSPS) is 13.3. The number of ketones is 1. The number of carbonyl (C=O) groups is 1. The van der Waals surface area contributed by atoms with Gasteiger partial charge in [0.1, 0.15) is 0 Å². The third-order valence-corrected chi connectivity index (χ3v) is 8.97. The smallest absolute Gasteiger partial charge is 0.193 e. The first-order valence-corrected chi connectivity index (χ1v) is 14.5. The van der Waals surface area contributed by atoms with Crippen LogP contribution in [0.5, 0.6) is 0 Å². The number of aromatic nitrogens is 1. The van der Waals surface area contributed by atoms with Crippen LogP contribution in [0.2, 0.25) is 0 Å². The van der Waals surface area contributed by atoms with Crippen molar-refractivity contribution >= 4 is 27.6 Å². The third-order valence-electron chi connectivity index (χ3n) is 8.97. The van der Waals surface area contributed by atoms with Gasteiger partial charge >= 0.3 is 0 Å². The summed E-state index contributed by atoms with van der Waals surface area (Å²) in [6, 6.07) is 48.4. The molecule has 1 aliphatic rings. The second kappa shape index (κ2) is 9.15. The molecule has 2 heteroatoms. The van der Waals surface area contributed by atoms with Crippen molar-refractivity contribution in [2.24, 2.45) is 0 Å². The van der Waals surface area contributed by atoms with E-state index in [2.05, 4.69) is 109 Å². The molecule has 0 spiro atoms. The number of nitrogens with zero attached hydrogens (tertiary/aromatic N) is 1. The summed E-state index contributed by atoms with van der Waals surface area (Å²) >= 11 is 0. The van der Waals surface area contributed by atoms with E-state index >= 15 is 0 Å². The molecule has 8 rings (SSSR count). The van der Waals surface area contributed by atoms with E-state index < -0.39 is 0 Å². The van der Waals surface area contributed by atoms with Crippen LogP contribution in [0.1, 0.15) is 40.9 Å². The number of benzene rings is 6. The van der Waals surface area contributed by atoms with Crippen molar-refractivity contribution in [3.05, 3.63) is 162 Å². The lowest BCUT2D eigenvalue weighted by atomic mass is 9.82. The summed E-state index contributed by atoms with van der Waals surface area (Å²) in [5, 5.41) is 2.52. The Hall–Kier alpha value is -5.21. The minimum atomic E-state index is -0.0502. The van der Waals surface area contributed by atoms with Gasteiger partial charge in [0.15, 0.2) is 5.78 Å². The Morgan fingerprint density at radius 2 is 1.21 bits per heavy atom. The molecule has 0 aliphatic heterocycles. The van der Waals surface area contributed by atoms with Crippen LogP contribution in [-0.2, 0) is 5.41 Å². The fourth-order valence-corrected chi connectivity index (χ4v) is 6.86. The predicted octanol–water partition coefficient (Wildman–Crippen LogP) is 9.99. The number of rotatable bonds is 4. The average Bonchev–Trinajstić information content (AvgIpc) is 3.49. The maximum atomic E-state index is 13.2. The van der Waals surface area contributed by atoms with E-state index in [1.807, 2.05) is 48.5 Å². The molecule has 0 bridgehead atoms. The summed E-state index contributed by atoms with van der Waals surface area (Å²) in [4.78, 5) is 13.2. The standard InChI is InChI=1S/C40H29NO/c1-40(2)35-20-8-6-18-31(35)33-25-38-34(24-36(33)40)32-19-7-9-21-37(32)41(38)30-17-11-15-28(23-30)27-14-10-16-29(22-27)39(42)26-12-4-3-5-13-26/h3-25H,1-2H3. The highest BCUT2D eigenvalue weighted by Crippen LogP contribution is 2.51. The van der Waals surface area contributed by atoms with Gasteiger partial charge in [0.25, 0.3) is 0 Å². The van der Waals surface area contributed by atoms with Crippen molar-refractivity contribution in [1.82, 2.24) is 4.57 Å². The van der Waals surface area contributed by atoms with Crippen molar-refractivity contribution in [3.63, 3.8) is 0 Å². The number of hydrogen-bond acceptors (Lipinski definition) is 1. The Labute approximate surface area is 245 Å². The lowest BCUT2D eigenvalue weighted by molar-refractivity contribution is 0.103. The van der Waals surface area contributed by atoms with E-state index in [1.54, 1.807) is 0 Å². The average molecular weight is 540 g/mol. The van der Waals surface area contributed by atoms with E-state index in [0.29, 0.717) is 11.1 Å². The highest BCUT2D eigenvalue weighted by molar-refractivity contribution is 6.12. The molecular formula is C40H29NO. The molecule has 0 fully saturated rings. The molecule has 2 nitrogen and oxygen atoms in total. The monoisotopic (exact) mass is 539 g/mol. The molecular weight excluding hydrogens is 510 g/mol. The highest BCUT2D eigenvalue weighted by atomic mass is 16.1. The van der Waals surface area contributed by atoms with Crippen molar-refractivity contribution in [2.75, 3.05) is 0 Å². The summed E-state index contributed by atoms with van der Waals surface area (Å²) in [5.74, 6) is 0.0352. The summed E-state index contributed by atoms with van der Waals surface area (Å²) < 4.78 is 2.39. The lowest BCUT2D eigenvalue weighted by Crippen LogP contribution is -2.14. The lowest BCUT2D eigenvalue weighted by Gasteiger charge is -2.21. The highest BCUT2D eigenvalue weighted by Gasteiger charge is 2.36. The van der Waals surface area contributed by atoms with Crippen LogP contribution >= 0.6 is 0 Å². The van der Waals surface area contributed by atoms with Gasteiger partial charge in [-0.3, -0.25) is 4.79 Å². The van der Waals surface area contributed by atoms with Crippen molar-refractivity contribution in [1.29, 1.82) is 0 Å².